The number of fused-ring (bicyclic) bond motifs is 1. The van der Waals surface area contributed by atoms with E-state index in [2.05, 4.69) is 0 Å². The van der Waals surface area contributed by atoms with Crippen molar-refractivity contribution in [2.24, 2.45) is 11.8 Å². The highest BCUT2D eigenvalue weighted by atomic mass is 32.2. The van der Waals surface area contributed by atoms with Gasteiger partial charge in [-0.1, -0.05) is 6.42 Å². The number of ether oxygens (including phenoxy) is 1. The van der Waals surface area contributed by atoms with Crippen LogP contribution >= 0.6 is 0 Å². The van der Waals surface area contributed by atoms with Gasteiger partial charge in [-0.05, 0) is 62.8 Å². The summed E-state index contributed by atoms with van der Waals surface area (Å²) >= 11 is 0. The zero-order valence-corrected chi connectivity index (χ0v) is 20.1. The molecule has 1 aliphatic carbocycles. The summed E-state index contributed by atoms with van der Waals surface area (Å²) in [6.07, 6.45) is 4.77. The fourth-order valence-corrected chi connectivity index (χ4v) is 7.01. The molecule has 9 heteroatoms. The van der Waals surface area contributed by atoms with Crippen LogP contribution in [0.2, 0.25) is 0 Å². The second kappa shape index (κ2) is 9.00. The maximum Gasteiger partial charge on any atom is 0.243 e. The van der Waals surface area contributed by atoms with Gasteiger partial charge in [0, 0.05) is 49.7 Å². The fraction of sp³-hybridized carbons (Fsp3) is 0.667. The first-order valence-electron chi connectivity index (χ1n) is 12.2. The molecule has 0 N–H and O–H groups in total. The topological polar surface area (TPSA) is 87.2 Å². The van der Waals surface area contributed by atoms with E-state index in [9.17, 15) is 18.0 Å². The summed E-state index contributed by atoms with van der Waals surface area (Å²) in [5, 5.41) is 0. The van der Waals surface area contributed by atoms with Crippen LogP contribution in [0.25, 0.3) is 0 Å². The van der Waals surface area contributed by atoms with Gasteiger partial charge in [0.15, 0.2) is 0 Å². The number of nitrogens with zero attached hydrogens (tertiary/aromatic N) is 3. The van der Waals surface area contributed by atoms with Crippen molar-refractivity contribution in [3.8, 4) is 0 Å². The first kappa shape index (κ1) is 22.8. The number of sulfonamides is 1. The predicted octanol–water partition coefficient (Wildman–Crippen LogP) is 2.02. The summed E-state index contributed by atoms with van der Waals surface area (Å²) in [6, 6.07) is 5.24. The number of piperidine rings is 1. The van der Waals surface area contributed by atoms with Crippen molar-refractivity contribution in [3.05, 3.63) is 23.8 Å². The normalized spacial score (nSPS) is 25.1. The van der Waals surface area contributed by atoms with E-state index >= 15 is 0 Å². The Morgan fingerprint density at radius 3 is 2.24 bits per heavy atom. The van der Waals surface area contributed by atoms with Crippen molar-refractivity contribution < 1.29 is 22.7 Å². The van der Waals surface area contributed by atoms with E-state index in [1.54, 1.807) is 18.2 Å². The second-order valence-corrected chi connectivity index (χ2v) is 11.7. The third-order valence-electron chi connectivity index (χ3n) is 7.72. The lowest BCUT2D eigenvalue weighted by atomic mass is 9.84. The van der Waals surface area contributed by atoms with Crippen molar-refractivity contribution in [1.29, 1.82) is 0 Å². The van der Waals surface area contributed by atoms with Gasteiger partial charge in [-0.15, -0.1) is 0 Å². The van der Waals surface area contributed by atoms with Gasteiger partial charge in [0.05, 0.1) is 18.1 Å². The number of amides is 2. The van der Waals surface area contributed by atoms with Crippen LogP contribution in [0.1, 0.15) is 44.6 Å². The third kappa shape index (κ3) is 4.19. The molecule has 3 fully saturated rings. The second-order valence-electron chi connectivity index (χ2n) is 9.80. The molecule has 180 valence electrons. The van der Waals surface area contributed by atoms with Crippen LogP contribution in [0.15, 0.2) is 23.1 Å². The number of rotatable bonds is 4. The first-order valence-corrected chi connectivity index (χ1v) is 13.6. The number of morpholine rings is 1. The van der Waals surface area contributed by atoms with Crippen molar-refractivity contribution in [2.75, 3.05) is 44.3 Å². The third-order valence-corrected chi connectivity index (χ3v) is 9.62. The van der Waals surface area contributed by atoms with Gasteiger partial charge < -0.3 is 14.5 Å². The van der Waals surface area contributed by atoms with Gasteiger partial charge in [0.25, 0.3) is 0 Å². The van der Waals surface area contributed by atoms with E-state index in [0.29, 0.717) is 58.7 Å². The van der Waals surface area contributed by atoms with Gasteiger partial charge in [-0.25, -0.2) is 8.42 Å². The van der Waals surface area contributed by atoms with Crippen LogP contribution in [0, 0.1) is 11.8 Å². The van der Waals surface area contributed by atoms with Crippen LogP contribution in [0.4, 0.5) is 5.69 Å². The number of hydrogen-bond acceptors (Lipinski definition) is 5. The smallest absolute Gasteiger partial charge is 0.243 e. The van der Waals surface area contributed by atoms with E-state index in [1.165, 1.54) is 4.31 Å². The summed E-state index contributed by atoms with van der Waals surface area (Å²) < 4.78 is 33.5. The Bertz CT molecular complexity index is 1020. The average molecular weight is 476 g/mol. The monoisotopic (exact) mass is 475 g/mol. The number of hydrogen-bond donors (Lipinski definition) is 0. The van der Waals surface area contributed by atoms with Gasteiger partial charge >= 0.3 is 0 Å². The molecule has 4 aliphatic rings. The van der Waals surface area contributed by atoms with Crippen LogP contribution < -0.4 is 4.90 Å². The molecule has 0 spiro atoms. The molecule has 0 aromatic heterocycles. The molecule has 2 saturated heterocycles. The number of carbonyl (C=O) groups excluding carboxylic acids is 2. The molecule has 33 heavy (non-hydrogen) atoms. The summed E-state index contributed by atoms with van der Waals surface area (Å²) in [7, 11) is -3.64. The van der Waals surface area contributed by atoms with Crippen LogP contribution in [0.3, 0.4) is 0 Å². The number of benzene rings is 1. The molecular formula is C24H33N3O5S. The molecule has 0 radical (unpaired) electrons. The minimum Gasteiger partial charge on any atom is -0.378 e. The maximum atomic E-state index is 13.4. The summed E-state index contributed by atoms with van der Waals surface area (Å²) in [4.78, 5) is 29.7. The molecule has 2 amide bonds. The molecule has 3 aliphatic heterocycles. The number of anilines is 1. The Labute approximate surface area is 195 Å². The Morgan fingerprint density at radius 1 is 0.939 bits per heavy atom. The highest BCUT2D eigenvalue weighted by Gasteiger charge is 2.39. The fourth-order valence-electron chi connectivity index (χ4n) is 5.49. The molecule has 3 heterocycles. The Kier molecular flexibility index (Phi) is 6.22. The lowest BCUT2D eigenvalue weighted by Gasteiger charge is -2.35. The summed E-state index contributed by atoms with van der Waals surface area (Å²) in [6.45, 7) is 5.10. The van der Waals surface area contributed by atoms with E-state index in [0.717, 1.165) is 30.5 Å². The van der Waals surface area contributed by atoms with E-state index < -0.39 is 10.0 Å². The highest BCUT2D eigenvalue weighted by Crippen LogP contribution is 2.38. The van der Waals surface area contributed by atoms with Crippen molar-refractivity contribution in [3.63, 3.8) is 0 Å². The molecule has 1 aromatic rings. The molecule has 5 rings (SSSR count). The molecule has 0 bridgehead atoms. The molecule has 8 nitrogen and oxygen atoms in total. The van der Waals surface area contributed by atoms with Gasteiger partial charge in [-0.3, -0.25) is 9.59 Å². The average Bonchev–Trinajstić information content (AvgIpc) is 3.13. The lowest BCUT2D eigenvalue weighted by molar-refractivity contribution is -0.140. The number of carbonyl (C=O) groups is 2. The zero-order valence-electron chi connectivity index (χ0n) is 19.2. The standard InChI is InChI=1S/C24H33N3O5S/c1-17-15-20-16-21(5-6-22(20)27(17)24(29)18-3-2-4-18)33(30,31)26-9-7-19(8-10-26)23(28)25-11-13-32-14-12-25/h5-6,16-19H,2-4,7-15H2,1H3/t17-/m1/s1. The van der Waals surface area contributed by atoms with Gasteiger partial charge in [0.1, 0.15) is 0 Å². The van der Waals surface area contributed by atoms with E-state index in [-0.39, 0.29) is 34.6 Å². The Morgan fingerprint density at radius 2 is 1.61 bits per heavy atom. The Hall–Kier alpha value is -1.97. The van der Waals surface area contributed by atoms with Gasteiger partial charge in [-0.2, -0.15) is 4.31 Å². The van der Waals surface area contributed by atoms with E-state index in [4.69, 9.17) is 4.74 Å². The molecular weight excluding hydrogens is 442 g/mol. The Balaban J connectivity index is 1.27. The van der Waals surface area contributed by atoms with Gasteiger partial charge in [0.2, 0.25) is 21.8 Å². The van der Waals surface area contributed by atoms with Crippen LogP contribution in [0.5, 0.6) is 0 Å². The lowest BCUT2D eigenvalue weighted by Crippen LogP contribution is -2.47. The molecule has 1 atom stereocenters. The minimum absolute atomic E-state index is 0.0491. The molecule has 1 aromatic carbocycles. The summed E-state index contributed by atoms with van der Waals surface area (Å²) in [5.41, 5.74) is 1.78. The summed E-state index contributed by atoms with van der Waals surface area (Å²) in [5.74, 6) is 0.290. The quantitative estimate of drug-likeness (QED) is 0.665. The minimum atomic E-state index is -3.64. The van der Waals surface area contributed by atoms with Crippen molar-refractivity contribution in [2.45, 2.75) is 56.4 Å². The zero-order chi connectivity index (χ0) is 23.2. The van der Waals surface area contributed by atoms with Crippen LogP contribution in [-0.2, 0) is 30.8 Å². The van der Waals surface area contributed by atoms with E-state index in [1.807, 2.05) is 16.7 Å². The van der Waals surface area contributed by atoms with Crippen LogP contribution in [-0.4, -0.2) is 74.9 Å². The van der Waals surface area contributed by atoms with Crippen molar-refractivity contribution in [1.82, 2.24) is 9.21 Å². The highest BCUT2D eigenvalue weighted by molar-refractivity contribution is 7.89. The predicted molar refractivity (Wildman–Crippen MR) is 123 cm³/mol. The molecule has 1 saturated carbocycles. The molecule has 0 unspecified atom stereocenters. The van der Waals surface area contributed by atoms with Crippen molar-refractivity contribution >= 4 is 27.5 Å². The SMILES string of the molecule is C[C@@H]1Cc2cc(S(=O)(=O)N3CCC(C(=O)N4CCOCC4)CC3)ccc2N1C(=O)C1CCC1. The largest absolute Gasteiger partial charge is 0.378 e. The maximum absolute atomic E-state index is 13.4. The first-order chi connectivity index (χ1) is 15.9.